The fourth-order valence-electron chi connectivity index (χ4n) is 1.75. The van der Waals surface area contributed by atoms with Crippen LogP contribution in [0.1, 0.15) is 12.0 Å². The molecule has 0 unspecified atom stereocenters. The minimum absolute atomic E-state index is 0.191. The van der Waals surface area contributed by atoms with Gasteiger partial charge in [0.1, 0.15) is 0 Å². The standard InChI is InChI=1S/C14H11F2NO2/c15-13(16)10-5-4-8-12(9-10)17(14(18)19)11-6-2-1-3-7-11/h1-9,13H,(H,18,19). The number of anilines is 2. The molecule has 0 heterocycles. The molecular formula is C14H11F2NO2. The molecule has 0 bridgehead atoms. The number of rotatable bonds is 3. The third-order valence-electron chi connectivity index (χ3n) is 2.59. The van der Waals surface area contributed by atoms with Crippen LogP contribution in [0.4, 0.5) is 25.0 Å². The van der Waals surface area contributed by atoms with Crippen molar-refractivity contribution in [3.05, 3.63) is 60.2 Å². The lowest BCUT2D eigenvalue weighted by atomic mass is 10.2. The van der Waals surface area contributed by atoms with Crippen molar-refractivity contribution in [3.8, 4) is 0 Å². The number of carboxylic acid groups (broad SMARTS) is 1. The van der Waals surface area contributed by atoms with Gasteiger partial charge in [0.2, 0.25) is 0 Å². The fourth-order valence-corrected chi connectivity index (χ4v) is 1.75. The summed E-state index contributed by atoms with van der Waals surface area (Å²) in [5.41, 5.74) is 0.387. The number of benzene rings is 2. The quantitative estimate of drug-likeness (QED) is 0.889. The average Bonchev–Trinajstić information content (AvgIpc) is 2.40. The van der Waals surface area contributed by atoms with Crippen molar-refractivity contribution in [2.75, 3.05) is 4.90 Å². The summed E-state index contributed by atoms with van der Waals surface area (Å²) in [5, 5.41) is 9.25. The van der Waals surface area contributed by atoms with Gasteiger partial charge in [-0.1, -0.05) is 30.3 Å². The van der Waals surface area contributed by atoms with Gasteiger partial charge in [0, 0.05) is 5.56 Å². The van der Waals surface area contributed by atoms with E-state index < -0.39 is 12.5 Å². The van der Waals surface area contributed by atoms with Crippen LogP contribution in [0.2, 0.25) is 0 Å². The van der Waals surface area contributed by atoms with Crippen molar-refractivity contribution < 1.29 is 18.7 Å². The zero-order chi connectivity index (χ0) is 13.8. The first-order valence-corrected chi connectivity index (χ1v) is 5.56. The number of nitrogens with zero attached hydrogens (tertiary/aromatic N) is 1. The number of hydrogen-bond acceptors (Lipinski definition) is 1. The zero-order valence-corrected chi connectivity index (χ0v) is 9.83. The van der Waals surface area contributed by atoms with E-state index in [0.717, 1.165) is 4.90 Å². The molecule has 0 aliphatic heterocycles. The summed E-state index contributed by atoms with van der Waals surface area (Å²) in [6.07, 6.45) is -3.86. The number of para-hydroxylation sites is 1. The van der Waals surface area contributed by atoms with Crippen LogP contribution in [0.15, 0.2) is 54.6 Å². The Bertz CT molecular complexity index is 573. The summed E-state index contributed by atoms with van der Waals surface area (Å²) >= 11 is 0. The first-order valence-electron chi connectivity index (χ1n) is 5.56. The van der Waals surface area contributed by atoms with Gasteiger partial charge in [-0.25, -0.2) is 18.5 Å². The van der Waals surface area contributed by atoms with E-state index in [0.29, 0.717) is 5.69 Å². The first kappa shape index (κ1) is 13.0. The maximum absolute atomic E-state index is 12.6. The average molecular weight is 263 g/mol. The topological polar surface area (TPSA) is 40.5 Å². The van der Waals surface area contributed by atoms with Crippen molar-refractivity contribution >= 4 is 17.5 Å². The van der Waals surface area contributed by atoms with E-state index in [-0.39, 0.29) is 11.3 Å². The third-order valence-corrected chi connectivity index (χ3v) is 2.59. The Morgan fingerprint density at radius 1 is 1.00 bits per heavy atom. The van der Waals surface area contributed by atoms with E-state index in [1.54, 1.807) is 30.3 Å². The van der Waals surface area contributed by atoms with Crippen molar-refractivity contribution in [2.24, 2.45) is 0 Å². The van der Waals surface area contributed by atoms with Crippen molar-refractivity contribution in [2.45, 2.75) is 6.43 Å². The summed E-state index contributed by atoms with van der Waals surface area (Å²) < 4.78 is 25.3. The molecule has 0 aliphatic rings. The van der Waals surface area contributed by atoms with Crippen LogP contribution in [0.25, 0.3) is 0 Å². The van der Waals surface area contributed by atoms with Gasteiger partial charge in [0.05, 0.1) is 11.4 Å². The largest absolute Gasteiger partial charge is 0.464 e. The lowest BCUT2D eigenvalue weighted by molar-refractivity contribution is 0.151. The molecule has 0 radical (unpaired) electrons. The summed E-state index contributed by atoms with van der Waals surface area (Å²) in [7, 11) is 0. The molecule has 0 aliphatic carbocycles. The smallest absolute Gasteiger partial charge is 0.416 e. The highest BCUT2D eigenvalue weighted by molar-refractivity contribution is 5.94. The number of alkyl halides is 2. The fraction of sp³-hybridized carbons (Fsp3) is 0.0714. The highest BCUT2D eigenvalue weighted by atomic mass is 19.3. The second-order valence-electron chi connectivity index (χ2n) is 3.85. The molecular weight excluding hydrogens is 252 g/mol. The molecule has 98 valence electrons. The number of hydrogen-bond donors (Lipinski definition) is 1. The number of halogens is 2. The first-order chi connectivity index (χ1) is 9.09. The van der Waals surface area contributed by atoms with Gasteiger partial charge in [0.15, 0.2) is 0 Å². The molecule has 0 atom stereocenters. The SMILES string of the molecule is O=C(O)N(c1ccccc1)c1cccc(C(F)F)c1. The molecule has 5 heteroatoms. The predicted molar refractivity (Wildman–Crippen MR) is 68.0 cm³/mol. The van der Waals surface area contributed by atoms with Crippen LogP contribution in [0.5, 0.6) is 0 Å². The van der Waals surface area contributed by atoms with Crippen LogP contribution in [0, 0.1) is 0 Å². The monoisotopic (exact) mass is 263 g/mol. The van der Waals surface area contributed by atoms with Crippen LogP contribution in [-0.4, -0.2) is 11.2 Å². The van der Waals surface area contributed by atoms with Crippen LogP contribution < -0.4 is 4.90 Å². The van der Waals surface area contributed by atoms with E-state index in [9.17, 15) is 18.7 Å². The van der Waals surface area contributed by atoms with Gasteiger partial charge in [-0.3, -0.25) is 0 Å². The molecule has 3 nitrogen and oxygen atoms in total. The van der Waals surface area contributed by atoms with E-state index in [1.807, 2.05) is 0 Å². The molecule has 0 aromatic heterocycles. The maximum Gasteiger partial charge on any atom is 0.416 e. The zero-order valence-electron chi connectivity index (χ0n) is 9.83. The molecule has 0 saturated heterocycles. The van der Waals surface area contributed by atoms with Crippen molar-refractivity contribution in [1.82, 2.24) is 0 Å². The van der Waals surface area contributed by atoms with E-state index >= 15 is 0 Å². The minimum Gasteiger partial charge on any atom is -0.464 e. The Hall–Kier alpha value is -2.43. The summed E-state index contributed by atoms with van der Waals surface area (Å²) in [6.45, 7) is 0. The Labute approximate surface area is 108 Å². The lowest BCUT2D eigenvalue weighted by Crippen LogP contribution is -2.23. The Kier molecular flexibility index (Phi) is 3.75. The second kappa shape index (κ2) is 5.48. The van der Waals surface area contributed by atoms with Crippen LogP contribution in [-0.2, 0) is 0 Å². The third kappa shape index (κ3) is 2.88. The van der Waals surface area contributed by atoms with Crippen molar-refractivity contribution in [3.63, 3.8) is 0 Å². The molecule has 19 heavy (non-hydrogen) atoms. The van der Waals surface area contributed by atoms with Gasteiger partial charge in [-0.15, -0.1) is 0 Å². The highest BCUT2D eigenvalue weighted by Crippen LogP contribution is 2.29. The molecule has 2 aromatic carbocycles. The maximum atomic E-state index is 12.6. The van der Waals surface area contributed by atoms with Crippen LogP contribution in [0.3, 0.4) is 0 Å². The molecule has 1 amide bonds. The highest BCUT2D eigenvalue weighted by Gasteiger charge is 2.18. The van der Waals surface area contributed by atoms with E-state index in [4.69, 9.17) is 0 Å². The van der Waals surface area contributed by atoms with Gasteiger partial charge in [-0.05, 0) is 24.3 Å². The van der Waals surface area contributed by atoms with Gasteiger partial charge in [-0.2, -0.15) is 0 Å². The molecule has 0 spiro atoms. The predicted octanol–water partition coefficient (Wildman–Crippen LogP) is 4.44. The van der Waals surface area contributed by atoms with E-state index in [2.05, 4.69) is 0 Å². The summed E-state index contributed by atoms with van der Waals surface area (Å²) in [6, 6.07) is 13.6. The molecule has 1 N–H and O–H groups in total. The Morgan fingerprint density at radius 2 is 1.63 bits per heavy atom. The lowest BCUT2D eigenvalue weighted by Gasteiger charge is -2.20. The molecule has 2 rings (SSSR count). The Balaban J connectivity index is 2.46. The van der Waals surface area contributed by atoms with Crippen LogP contribution >= 0.6 is 0 Å². The van der Waals surface area contributed by atoms with Gasteiger partial charge in [0.25, 0.3) is 6.43 Å². The van der Waals surface area contributed by atoms with Gasteiger partial charge >= 0.3 is 6.09 Å². The minimum atomic E-state index is -2.63. The molecule has 0 fully saturated rings. The number of carbonyl (C=O) groups is 1. The summed E-state index contributed by atoms with van der Waals surface area (Å²) in [5.74, 6) is 0. The second-order valence-corrected chi connectivity index (χ2v) is 3.85. The summed E-state index contributed by atoms with van der Waals surface area (Å²) in [4.78, 5) is 12.3. The van der Waals surface area contributed by atoms with E-state index in [1.165, 1.54) is 24.3 Å². The normalized spacial score (nSPS) is 10.5. The van der Waals surface area contributed by atoms with Crippen molar-refractivity contribution in [1.29, 1.82) is 0 Å². The number of amides is 1. The molecule has 2 aromatic rings. The van der Waals surface area contributed by atoms with Gasteiger partial charge < -0.3 is 5.11 Å². The Morgan fingerprint density at radius 3 is 2.21 bits per heavy atom. The molecule has 0 saturated carbocycles.